The molecule has 3 unspecified atom stereocenters. The maximum Gasteiger partial charge on any atom is 0.252 e. The number of likely N-dealkylation sites (N-methyl/N-ethyl adjacent to an activating group) is 1. The van der Waals surface area contributed by atoms with E-state index in [1.165, 1.54) is 7.05 Å². The van der Waals surface area contributed by atoms with Crippen molar-refractivity contribution in [1.29, 1.82) is 0 Å². The number of carbonyl (C=O) groups is 3. The Hall–Kier alpha value is -1.47. The number of amides is 3. The Morgan fingerprint density at radius 3 is 2.52 bits per heavy atom. The van der Waals surface area contributed by atoms with Crippen molar-refractivity contribution in [2.45, 2.75) is 51.3 Å². The van der Waals surface area contributed by atoms with Crippen LogP contribution in [0.15, 0.2) is 0 Å². The summed E-state index contributed by atoms with van der Waals surface area (Å²) in [6.07, 6.45) is 0.318. The molecule has 1 saturated carbocycles. The molecule has 118 valence electrons. The fraction of sp³-hybridized carbons (Fsp3) is 0.786. The summed E-state index contributed by atoms with van der Waals surface area (Å²) >= 11 is 0. The van der Waals surface area contributed by atoms with Gasteiger partial charge in [-0.1, -0.05) is 13.8 Å². The van der Waals surface area contributed by atoms with E-state index in [-0.39, 0.29) is 18.4 Å². The van der Waals surface area contributed by atoms with Crippen molar-refractivity contribution >= 4 is 17.7 Å². The summed E-state index contributed by atoms with van der Waals surface area (Å²) in [6.45, 7) is 6.21. The molecule has 3 atom stereocenters. The summed E-state index contributed by atoms with van der Waals surface area (Å²) in [5, 5.41) is 2.62. The minimum Gasteiger partial charge on any atom is -0.378 e. The van der Waals surface area contributed by atoms with Gasteiger partial charge in [0.15, 0.2) is 0 Å². The van der Waals surface area contributed by atoms with Crippen LogP contribution in [0.2, 0.25) is 0 Å². The van der Waals surface area contributed by atoms with E-state index in [1.807, 2.05) is 20.8 Å². The van der Waals surface area contributed by atoms with Crippen molar-refractivity contribution in [2.75, 3.05) is 13.7 Å². The van der Waals surface area contributed by atoms with Crippen LogP contribution >= 0.6 is 0 Å². The SMILES string of the molecule is CCOC1CC(N)(C(=O)NC2CC(=O)N(C)C2=O)C1(C)C. The van der Waals surface area contributed by atoms with Gasteiger partial charge < -0.3 is 15.8 Å². The predicted octanol–water partition coefficient (Wildman–Crippen LogP) is -0.608. The first-order chi connectivity index (χ1) is 9.65. The highest BCUT2D eigenvalue weighted by molar-refractivity contribution is 6.07. The highest BCUT2D eigenvalue weighted by Gasteiger charge is 2.63. The minimum atomic E-state index is -1.09. The molecular weight excluding hydrogens is 274 g/mol. The third-order valence-electron chi connectivity index (χ3n) is 4.92. The zero-order valence-corrected chi connectivity index (χ0v) is 12.9. The van der Waals surface area contributed by atoms with Gasteiger partial charge in [-0.05, 0) is 6.92 Å². The van der Waals surface area contributed by atoms with Crippen LogP contribution in [-0.4, -0.2) is 54.0 Å². The fourth-order valence-electron chi connectivity index (χ4n) is 2.98. The van der Waals surface area contributed by atoms with E-state index >= 15 is 0 Å². The lowest BCUT2D eigenvalue weighted by Gasteiger charge is -2.57. The Balaban J connectivity index is 2.05. The van der Waals surface area contributed by atoms with Crippen LogP contribution in [0.4, 0.5) is 0 Å². The highest BCUT2D eigenvalue weighted by atomic mass is 16.5. The second kappa shape index (κ2) is 5.06. The number of rotatable bonds is 4. The Morgan fingerprint density at radius 2 is 2.10 bits per heavy atom. The number of imide groups is 1. The molecule has 3 N–H and O–H groups in total. The highest BCUT2D eigenvalue weighted by Crippen LogP contribution is 2.49. The zero-order chi connectivity index (χ0) is 16.0. The topological polar surface area (TPSA) is 102 Å². The predicted molar refractivity (Wildman–Crippen MR) is 75.1 cm³/mol. The van der Waals surface area contributed by atoms with Gasteiger partial charge in [0.2, 0.25) is 11.8 Å². The van der Waals surface area contributed by atoms with Crippen molar-refractivity contribution in [3.05, 3.63) is 0 Å². The molecule has 0 spiro atoms. The molecule has 1 aliphatic heterocycles. The minimum absolute atomic E-state index is 0.00747. The summed E-state index contributed by atoms with van der Waals surface area (Å²) < 4.78 is 5.57. The molecule has 0 bridgehead atoms. The summed E-state index contributed by atoms with van der Waals surface area (Å²) in [7, 11) is 1.41. The molecule has 1 heterocycles. The normalized spacial score (nSPS) is 34.8. The van der Waals surface area contributed by atoms with Crippen molar-refractivity contribution in [2.24, 2.45) is 11.1 Å². The number of carbonyl (C=O) groups excluding carboxylic acids is 3. The lowest BCUT2D eigenvalue weighted by molar-refractivity contribution is -0.171. The lowest BCUT2D eigenvalue weighted by Crippen LogP contribution is -2.76. The second-order valence-corrected chi connectivity index (χ2v) is 6.36. The molecule has 2 fully saturated rings. The summed E-state index contributed by atoms with van der Waals surface area (Å²) in [5.74, 6) is -1.09. The van der Waals surface area contributed by atoms with Gasteiger partial charge in [-0.15, -0.1) is 0 Å². The van der Waals surface area contributed by atoms with Gasteiger partial charge in [0, 0.05) is 25.5 Å². The van der Waals surface area contributed by atoms with E-state index in [9.17, 15) is 14.4 Å². The number of hydrogen-bond donors (Lipinski definition) is 2. The average Bonchev–Trinajstić information content (AvgIpc) is 2.65. The Kier molecular flexibility index (Phi) is 3.84. The number of nitrogens with one attached hydrogen (secondary N) is 1. The van der Waals surface area contributed by atoms with Gasteiger partial charge in [0.25, 0.3) is 5.91 Å². The third kappa shape index (κ3) is 2.24. The first-order valence-corrected chi connectivity index (χ1v) is 7.17. The first kappa shape index (κ1) is 15.9. The van der Waals surface area contributed by atoms with Gasteiger partial charge in [0.05, 0.1) is 12.5 Å². The van der Waals surface area contributed by atoms with E-state index in [1.54, 1.807) is 0 Å². The number of ether oxygens (including phenoxy) is 1. The van der Waals surface area contributed by atoms with E-state index in [0.29, 0.717) is 13.0 Å². The maximum absolute atomic E-state index is 12.5. The molecule has 0 aromatic heterocycles. The van der Waals surface area contributed by atoms with Gasteiger partial charge in [-0.3, -0.25) is 19.3 Å². The summed E-state index contributed by atoms with van der Waals surface area (Å²) in [6, 6.07) is -0.808. The molecule has 3 amide bonds. The Labute approximate surface area is 124 Å². The van der Waals surface area contributed by atoms with Crippen molar-refractivity contribution in [3.63, 3.8) is 0 Å². The van der Waals surface area contributed by atoms with E-state index in [2.05, 4.69) is 5.32 Å². The van der Waals surface area contributed by atoms with Crippen LogP contribution in [-0.2, 0) is 19.1 Å². The van der Waals surface area contributed by atoms with Crippen molar-refractivity contribution in [1.82, 2.24) is 10.2 Å². The molecule has 2 aliphatic rings. The quantitative estimate of drug-likeness (QED) is 0.674. The average molecular weight is 297 g/mol. The molecule has 0 aromatic carbocycles. The Bertz CT molecular complexity index is 491. The number of hydrogen-bond acceptors (Lipinski definition) is 5. The molecule has 7 heteroatoms. The number of nitrogens with zero attached hydrogens (tertiary/aromatic N) is 1. The fourth-order valence-corrected chi connectivity index (χ4v) is 2.98. The van der Waals surface area contributed by atoms with Crippen LogP contribution in [0.5, 0.6) is 0 Å². The molecule has 2 rings (SSSR count). The second-order valence-electron chi connectivity index (χ2n) is 6.36. The third-order valence-corrected chi connectivity index (χ3v) is 4.92. The van der Waals surface area contributed by atoms with Gasteiger partial charge in [0.1, 0.15) is 11.6 Å². The standard InChI is InChI=1S/C14H23N3O4/c1-5-21-9-7-14(15,13(9,2)3)12(20)16-8-6-10(18)17(4)11(8)19/h8-9H,5-7,15H2,1-4H3,(H,16,20). The number of nitrogens with two attached hydrogens (primary N) is 1. The summed E-state index contributed by atoms with van der Waals surface area (Å²) in [4.78, 5) is 36.8. The monoisotopic (exact) mass is 297 g/mol. The maximum atomic E-state index is 12.5. The number of likely N-dealkylation sites (tertiary alicyclic amines) is 1. The molecular formula is C14H23N3O4. The zero-order valence-electron chi connectivity index (χ0n) is 12.9. The molecule has 0 aromatic rings. The largest absolute Gasteiger partial charge is 0.378 e. The van der Waals surface area contributed by atoms with Crippen LogP contribution in [0.3, 0.4) is 0 Å². The molecule has 1 saturated heterocycles. The molecule has 0 radical (unpaired) electrons. The molecule has 1 aliphatic carbocycles. The van der Waals surface area contributed by atoms with E-state index in [4.69, 9.17) is 10.5 Å². The van der Waals surface area contributed by atoms with Crippen molar-refractivity contribution in [3.8, 4) is 0 Å². The van der Waals surface area contributed by atoms with Gasteiger partial charge in [-0.2, -0.15) is 0 Å². The van der Waals surface area contributed by atoms with E-state index < -0.39 is 28.8 Å². The van der Waals surface area contributed by atoms with E-state index in [0.717, 1.165) is 4.90 Å². The molecule has 7 nitrogen and oxygen atoms in total. The van der Waals surface area contributed by atoms with Gasteiger partial charge in [-0.25, -0.2) is 0 Å². The van der Waals surface area contributed by atoms with Crippen LogP contribution in [0.1, 0.15) is 33.6 Å². The smallest absolute Gasteiger partial charge is 0.252 e. The van der Waals surface area contributed by atoms with Crippen LogP contribution < -0.4 is 11.1 Å². The first-order valence-electron chi connectivity index (χ1n) is 7.17. The van der Waals surface area contributed by atoms with Gasteiger partial charge >= 0.3 is 0 Å². The van der Waals surface area contributed by atoms with Crippen molar-refractivity contribution < 1.29 is 19.1 Å². The lowest BCUT2D eigenvalue weighted by atomic mass is 9.54. The molecule has 21 heavy (non-hydrogen) atoms. The Morgan fingerprint density at radius 1 is 1.48 bits per heavy atom. The summed E-state index contributed by atoms with van der Waals surface area (Å²) in [5.41, 5.74) is 4.63. The van der Waals surface area contributed by atoms with Crippen LogP contribution in [0, 0.1) is 5.41 Å². The van der Waals surface area contributed by atoms with Crippen LogP contribution in [0.25, 0.3) is 0 Å².